The SMILES string of the molecule is C=C(CCCCCCN=C=O)C(=O)OCCOC(N)=O. The maximum absolute atomic E-state index is 11.4. The lowest BCUT2D eigenvalue weighted by molar-refractivity contribution is -0.140. The third-order valence-corrected chi connectivity index (χ3v) is 2.41. The molecule has 112 valence electrons. The van der Waals surface area contributed by atoms with E-state index >= 15 is 0 Å². The van der Waals surface area contributed by atoms with Gasteiger partial charge in [0.15, 0.2) is 0 Å². The van der Waals surface area contributed by atoms with Gasteiger partial charge in [0.05, 0.1) is 6.54 Å². The second-order valence-electron chi connectivity index (χ2n) is 4.04. The predicted octanol–water partition coefficient (Wildman–Crippen LogP) is 1.47. The third kappa shape index (κ3) is 11.0. The fraction of sp³-hybridized carbons (Fsp3) is 0.615. The van der Waals surface area contributed by atoms with Crippen LogP contribution in [0.3, 0.4) is 0 Å². The predicted molar refractivity (Wildman–Crippen MR) is 71.7 cm³/mol. The number of ether oxygens (including phenoxy) is 2. The number of esters is 1. The van der Waals surface area contributed by atoms with Crippen LogP contribution in [-0.2, 0) is 19.1 Å². The van der Waals surface area contributed by atoms with Crippen LogP contribution in [0.5, 0.6) is 0 Å². The number of aliphatic imine (C=N–C) groups is 1. The number of amides is 1. The van der Waals surface area contributed by atoms with E-state index in [0.717, 1.165) is 25.7 Å². The molecule has 0 spiro atoms. The zero-order valence-corrected chi connectivity index (χ0v) is 11.4. The summed E-state index contributed by atoms with van der Waals surface area (Å²) < 4.78 is 9.25. The Bertz CT molecular complexity index is 375. The van der Waals surface area contributed by atoms with Crippen LogP contribution in [0.4, 0.5) is 4.79 Å². The topological polar surface area (TPSA) is 108 Å². The first kappa shape index (κ1) is 17.9. The molecule has 1 amide bonds. The molecule has 0 unspecified atom stereocenters. The number of rotatable bonds is 11. The van der Waals surface area contributed by atoms with Crippen LogP contribution in [0.15, 0.2) is 17.1 Å². The Hall–Kier alpha value is -2.14. The first-order chi connectivity index (χ1) is 9.57. The second kappa shape index (κ2) is 11.9. The van der Waals surface area contributed by atoms with Crippen molar-refractivity contribution >= 4 is 18.1 Å². The van der Waals surface area contributed by atoms with E-state index in [4.69, 9.17) is 10.5 Å². The lowest BCUT2D eigenvalue weighted by Crippen LogP contribution is -2.18. The highest BCUT2D eigenvalue weighted by Crippen LogP contribution is 2.10. The minimum atomic E-state index is -0.904. The second-order valence-corrected chi connectivity index (χ2v) is 4.04. The van der Waals surface area contributed by atoms with E-state index in [1.165, 1.54) is 6.08 Å². The fourth-order valence-corrected chi connectivity index (χ4v) is 1.41. The first-order valence-electron chi connectivity index (χ1n) is 6.38. The summed E-state index contributed by atoms with van der Waals surface area (Å²) in [6.07, 6.45) is 4.63. The van der Waals surface area contributed by atoms with Crippen molar-refractivity contribution in [3.8, 4) is 0 Å². The number of hydrogen-bond donors (Lipinski definition) is 1. The molecule has 0 rings (SSSR count). The maximum Gasteiger partial charge on any atom is 0.404 e. The monoisotopic (exact) mass is 284 g/mol. The number of carbonyl (C=O) groups excluding carboxylic acids is 3. The van der Waals surface area contributed by atoms with Gasteiger partial charge in [0, 0.05) is 5.57 Å². The summed E-state index contributed by atoms with van der Waals surface area (Å²) >= 11 is 0. The molecule has 0 aromatic rings. The lowest BCUT2D eigenvalue weighted by atomic mass is 10.1. The number of nitrogens with zero attached hydrogens (tertiary/aromatic N) is 1. The van der Waals surface area contributed by atoms with Crippen LogP contribution < -0.4 is 5.73 Å². The standard InChI is InChI=1S/C13H20N2O5/c1-11(6-4-2-3-5-7-15-10-16)12(17)19-8-9-20-13(14)18/h1-9H2,(H2,14,18). The van der Waals surface area contributed by atoms with Crippen molar-refractivity contribution in [3.63, 3.8) is 0 Å². The summed E-state index contributed by atoms with van der Waals surface area (Å²) in [7, 11) is 0. The van der Waals surface area contributed by atoms with E-state index < -0.39 is 12.1 Å². The summed E-state index contributed by atoms with van der Waals surface area (Å²) in [4.78, 5) is 35.0. The number of nitrogens with two attached hydrogens (primary N) is 1. The van der Waals surface area contributed by atoms with E-state index in [1.807, 2.05) is 0 Å². The quantitative estimate of drug-likeness (QED) is 0.203. The van der Waals surface area contributed by atoms with Gasteiger partial charge in [0.2, 0.25) is 6.08 Å². The van der Waals surface area contributed by atoms with E-state index in [9.17, 15) is 14.4 Å². The molecule has 0 heterocycles. The third-order valence-electron chi connectivity index (χ3n) is 2.41. The highest BCUT2D eigenvalue weighted by atomic mass is 16.6. The van der Waals surface area contributed by atoms with Crippen molar-refractivity contribution in [1.29, 1.82) is 0 Å². The Kier molecular flexibility index (Phi) is 10.6. The average molecular weight is 284 g/mol. The number of isocyanates is 1. The largest absolute Gasteiger partial charge is 0.459 e. The minimum absolute atomic E-state index is 0.0372. The highest BCUT2D eigenvalue weighted by Gasteiger charge is 2.08. The Morgan fingerprint density at radius 1 is 1.10 bits per heavy atom. The van der Waals surface area contributed by atoms with Crippen molar-refractivity contribution in [2.45, 2.75) is 32.1 Å². The Labute approximate surface area is 117 Å². The molecule has 0 aromatic heterocycles. The summed E-state index contributed by atoms with van der Waals surface area (Å²) in [5.41, 5.74) is 5.13. The van der Waals surface area contributed by atoms with Crippen LogP contribution in [-0.4, -0.2) is 37.9 Å². The fourth-order valence-electron chi connectivity index (χ4n) is 1.41. The van der Waals surface area contributed by atoms with Crippen LogP contribution >= 0.6 is 0 Å². The van der Waals surface area contributed by atoms with E-state index in [0.29, 0.717) is 18.5 Å². The molecule has 0 saturated heterocycles. The molecule has 0 aliphatic heterocycles. The van der Waals surface area contributed by atoms with Crippen molar-refractivity contribution in [2.75, 3.05) is 19.8 Å². The van der Waals surface area contributed by atoms with E-state index in [-0.39, 0.29) is 13.2 Å². The van der Waals surface area contributed by atoms with Gasteiger partial charge in [0.1, 0.15) is 13.2 Å². The number of primary amides is 1. The van der Waals surface area contributed by atoms with Crippen molar-refractivity contribution in [1.82, 2.24) is 0 Å². The summed E-state index contributed by atoms with van der Waals surface area (Å²) in [5, 5.41) is 0. The summed E-state index contributed by atoms with van der Waals surface area (Å²) in [5.74, 6) is -0.497. The molecule has 0 fully saturated rings. The number of carbonyl (C=O) groups is 2. The molecule has 0 radical (unpaired) electrons. The van der Waals surface area contributed by atoms with Gasteiger partial charge < -0.3 is 15.2 Å². The number of unbranched alkanes of at least 4 members (excludes halogenated alkanes) is 3. The van der Waals surface area contributed by atoms with Crippen molar-refractivity contribution in [2.24, 2.45) is 10.7 Å². The molecule has 2 N–H and O–H groups in total. The van der Waals surface area contributed by atoms with Gasteiger partial charge in [0.25, 0.3) is 0 Å². The van der Waals surface area contributed by atoms with Crippen LogP contribution in [0.25, 0.3) is 0 Å². The minimum Gasteiger partial charge on any atom is -0.459 e. The van der Waals surface area contributed by atoms with E-state index in [2.05, 4.69) is 16.3 Å². The molecule has 0 saturated carbocycles. The van der Waals surface area contributed by atoms with Crippen LogP contribution in [0, 0.1) is 0 Å². The van der Waals surface area contributed by atoms with Gasteiger partial charge in [-0.1, -0.05) is 19.4 Å². The van der Waals surface area contributed by atoms with Crippen LogP contribution in [0.1, 0.15) is 32.1 Å². The molecule has 7 heteroatoms. The Balaban J connectivity index is 3.52. The highest BCUT2D eigenvalue weighted by molar-refractivity contribution is 5.87. The van der Waals surface area contributed by atoms with Gasteiger partial charge in [-0.3, -0.25) is 0 Å². The zero-order valence-electron chi connectivity index (χ0n) is 11.4. The van der Waals surface area contributed by atoms with Gasteiger partial charge in [-0.15, -0.1) is 0 Å². The Morgan fingerprint density at radius 2 is 1.75 bits per heavy atom. The maximum atomic E-state index is 11.4. The summed E-state index contributed by atoms with van der Waals surface area (Å²) in [6.45, 7) is 4.03. The molecule has 0 aliphatic carbocycles. The molecule has 0 bridgehead atoms. The van der Waals surface area contributed by atoms with Crippen LogP contribution in [0.2, 0.25) is 0 Å². The molecule has 0 aliphatic rings. The lowest BCUT2D eigenvalue weighted by Gasteiger charge is -2.07. The first-order valence-corrected chi connectivity index (χ1v) is 6.38. The van der Waals surface area contributed by atoms with Crippen molar-refractivity contribution in [3.05, 3.63) is 12.2 Å². The zero-order chi connectivity index (χ0) is 15.2. The average Bonchev–Trinajstić information content (AvgIpc) is 2.41. The molecule has 7 nitrogen and oxygen atoms in total. The van der Waals surface area contributed by atoms with Gasteiger partial charge in [-0.05, 0) is 19.3 Å². The smallest absolute Gasteiger partial charge is 0.404 e. The molecule has 0 atom stereocenters. The molecular weight excluding hydrogens is 264 g/mol. The number of hydrogen-bond acceptors (Lipinski definition) is 6. The van der Waals surface area contributed by atoms with Gasteiger partial charge in [-0.25, -0.2) is 19.4 Å². The van der Waals surface area contributed by atoms with E-state index in [1.54, 1.807) is 0 Å². The molecule has 0 aromatic carbocycles. The molecule has 20 heavy (non-hydrogen) atoms. The summed E-state index contributed by atoms with van der Waals surface area (Å²) in [6, 6.07) is 0. The normalized spacial score (nSPS) is 9.40. The van der Waals surface area contributed by atoms with Gasteiger partial charge >= 0.3 is 12.1 Å². The van der Waals surface area contributed by atoms with Gasteiger partial charge in [-0.2, -0.15) is 0 Å². The Morgan fingerprint density at radius 3 is 2.40 bits per heavy atom. The van der Waals surface area contributed by atoms with Crippen molar-refractivity contribution < 1.29 is 23.9 Å². The molecular formula is C13H20N2O5.